The van der Waals surface area contributed by atoms with Gasteiger partial charge in [0.25, 0.3) is 12.3 Å². The van der Waals surface area contributed by atoms with Crippen LogP contribution in [0.2, 0.25) is 0 Å². The number of alkyl halides is 2. The molecule has 2 aromatic heterocycles. The zero-order valence-corrected chi connectivity index (χ0v) is 28.7. The molecule has 6 rings (SSSR count). The normalized spacial score (nSPS) is 17.9. The molecule has 1 amide bonds. The van der Waals surface area contributed by atoms with E-state index in [2.05, 4.69) is 54.0 Å². The molecule has 0 aliphatic carbocycles. The second-order valence-corrected chi connectivity index (χ2v) is 11.5. The van der Waals surface area contributed by atoms with Crippen LogP contribution < -0.4 is 14.2 Å². The van der Waals surface area contributed by atoms with E-state index < -0.39 is 13.0 Å². The smallest absolute Gasteiger partial charge is 0.322 e. The topological polar surface area (TPSA) is 106 Å². The number of hydrogen-bond acceptors (Lipinski definition) is 10. The van der Waals surface area contributed by atoms with E-state index in [1.807, 2.05) is 41.3 Å². The second kappa shape index (κ2) is 17.5. The minimum absolute atomic E-state index is 0. The minimum Gasteiger partial charge on any atom is -0.481 e. The Kier molecular flexibility index (Phi) is 13.4. The first-order valence-electron chi connectivity index (χ1n) is 15.5. The monoisotopic (exact) mass is 717 g/mol. The first kappa shape index (κ1) is 37.6. The van der Waals surface area contributed by atoms with Crippen molar-refractivity contribution in [1.29, 1.82) is 0 Å². The summed E-state index contributed by atoms with van der Waals surface area (Å²) in [5.74, 6) is 0.0140. The Hall–Kier alpha value is -4.17. The molecule has 0 saturated carbocycles. The summed E-state index contributed by atoms with van der Waals surface area (Å²) in [7, 11) is 2.85. The Bertz CT molecular complexity index is 1590. The van der Waals surface area contributed by atoms with Crippen molar-refractivity contribution in [3.8, 4) is 17.8 Å². The van der Waals surface area contributed by atoms with Gasteiger partial charge < -0.3 is 19.1 Å². The van der Waals surface area contributed by atoms with E-state index in [9.17, 15) is 13.6 Å². The summed E-state index contributed by atoms with van der Waals surface area (Å²) in [6.07, 6.45) is 1.86. The van der Waals surface area contributed by atoms with Crippen molar-refractivity contribution in [3.63, 3.8) is 0 Å². The van der Waals surface area contributed by atoms with Crippen LogP contribution in [0.5, 0.6) is 17.8 Å². The van der Waals surface area contributed by atoms with Gasteiger partial charge in [0.15, 0.2) is 6.61 Å². The number of amides is 1. The summed E-state index contributed by atoms with van der Waals surface area (Å²) in [5.41, 5.74) is 3.10. The standard InChI is InChI=1S/C34H37F2N7O4.2ClH/c1-45-31-26(32(47-22-29(35)36)40-34(39-31)46-2)20-41-18-25-19-42(33(44)27-17-37-13-14-38-27)15-16-43(25)28(21-41)30(23-9-5-3-6-10-23)24-11-7-4-8-12-24;;/h3-14,17,25,28-30H,15-16,18-22H2,1-2H3;2*1H/t25-,28+;;/m1../s1. The lowest BCUT2D eigenvalue weighted by Crippen LogP contribution is -2.67. The van der Waals surface area contributed by atoms with Gasteiger partial charge in [-0.25, -0.2) is 13.8 Å². The lowest BCUT2D eigenvalue weighted by molar-refractivity contribution is -0.0294. The summed E-state index contributed by atoms with van der Waals surface area (Å²) in [5, 5.41) is 0. The van der Waals surface area contributed by atoms with Crippen LogP contribution in [-0.4, -0.2) is 113 Å². The quantitative estimate of drug-likeness (QED) is 0.218. The van der Waals surface area contributed by atoms with Crippen LogP contribution in [0.25, 0.3) is 0 Å². The van der Waals surface area contributed by atoms with Crippen molar-refractivity contribution in [2.24, 2.45) is 0 Å². The first-order chi connectivity index (χ1) is 22.9. The molecule has 0 unspecified atom stereocenters. The number of rotatable bonds is 11. The van der Waals surface area contributed by atoms with Gasteiger partial charge in [-0.15, -0.1) is 24.8 Å². The summed E-state index contributed by atoms with van der Waals surface area (Å²) < 4.78 is 42.8. The van der Waals surface area contributed by atoms with Gasteiger partial charge in [0, 0.05) is 69.7 Å². The maximum Gasteiger partial charge on any atom is 0.322 e. The third-order valence-corrected chi connectivity index (χ3v) is 8.65. The molecule has 2 saturated heterocycles. The molecule has 0 spiro atoms. The molecule has 11 nitrogen and oxygen atoms in total. The van der Waals surface area contributed by atoms with Crippen LogP contribution in [0, 0.1) is 0 Å². The highest BCUT2D eigenvalue weighted by Crippen LogP contribution is 2.37. The molecule has 0 radical (unpaired) electrons. The lowest BCUT2D eigenvalue weighted by Gasteiger charge is -2.53. The number of fused-ring (bicyclic) bond motifs is 1. The molecule has 262 valence electrons. The molecular weight excluding hydrogens is 679 g/mol. The van der Waals surface area contributed by atoms with E-state index in [0.717, 1.165) is 0 Å². The van der Waals surface area contributed by atoms with Gasteiger partial charge in [-0.05, 0) is 11.1 Å². The Morgan fingerprint density at radius 3 is 2.14 bits per heavy atom. The zero-order chi connectivity index (χ0) is 32.8. The molecule has 15 heteroatoms. The van der Waals surface area contributed by atoms with Crippen LogP contribution in [-0.2, 0) is 6.54 Å². The number of methoxy groups -OCH3 is 2. The third-order valence-electron chi connectivity index (χ3n) is 8.65. The van der Waals surface area contributed by atoms with Crippen molar-refractivity contribution in [1.82, 2.24) is 34.6 Å². The van der Waals surface area contributed by atoms with Crippen LogP contribution in [0.3, 0.4) is 0 Å². The Morgan fingerprint density at radius 2 is 1.55 bits per heavy atom. The number of hydrogen-bond donors (Lipinski definition) is 0. The highest BCUT2D eigenvalue weighted by molar-refractivity contribution is 5.92. The third kappa shape index (κ3) is 8.71. The molecule has 2 aliphatic heterocycles. The number of carbonyl (C=O) groups is 1. The molecule has 2 aromatic carbocycles. The average Bonchev–Trinajstić information content (AvgIpc) is 3.11. The predicted octanol–water partition coefficient (Wildman–Crippen LogP) is 4.61. The van der Waals surface area contributed by atoms with Crippen LogP contribution in [0.15, 0.2) is 79.3 Å². The molecule has 2 aliphatic rings. The van der Waals surface area contributed by atoms with Crippen molar-refractivity contribution in [2.45, 2.75) is 31.0 Å². The summed E-state index contributed by atoms with van der Waals surface area (Å²) in [4.78, 5) is 37.0. The van der Waals surface area contributed by atoms with E-state index in [-0.39, 0.29) is 73.0 Å². The van der Waals surface area contributed by atoms with Gasteiger partial charge >= 0.3 is 6.01 Å². The van der Waals surface area contributed by atoms with E-state index in [1.54, 1.807) is 6.20 Å². The van der Waals surface area contributed by atoms with Crippen LogP contribution >= 0.6 is 24.8 Å². The van der Waals surface area contributed by atoms with Crippen LogP contribution in [0.4, 0.5) is 8.78 Å². The lowest BCUT2D eigenvalue weighted by atomic mass is 9.81. The summed E-state index contributed by atoms with van der Waals surface area (Å²) in [6.45, 7) is 2.34. The number of aromatic nitrogens is 4. The molecule has 0 N–H and O–H groups in total. The molecule has 2 atom stereocenters. The summed E-state index contributed by atoms with van der Waals surface area (Å²) in [6, 6.07) is 20.7. The van der Waals surface area contributed by atoms with E-state index in [4.69, 9.17) is 14.2 Å². The van der Waals surface area contributed by atoms with E-state index >= 15 is 0 Å². The molecular formula is C34H39Cl2F2N7O4. The van der Waals surface area contributed by atoms with E-state index in [0.29, 0.717) is 44.0 Å². The molecule has 2 fully saturated rings. The minimum atomic E-state index is -2.69. The summed E-state index contributed by atoms with van der Waals surface area (Å²) >= 11 is 0. The van der Waals surface area contributed by atoms with Gasteiger partial charge in [0.2, 0.25) is 11.8 Å². The molecule has 4 aromatic rings. The zero-order valence-electron chi connectivity index (χ0n) is 27.1. The number of ether oxygens (including phenoxy) is 3. The van der Waals surface area contributed by atoms with Gasteiger partial charge in [0.05, 0.1) is 26.0 Å². The molecule has 0 bridgehead atoms. The number of carbonyl (C=O) groups excluding carboxylic acids is 1. The largest absolute Gasteiger partial charge is 0.481 e. The second-order valence-electron chi connectivity index (χ2n) is 11.5. The highest BCUT2D eigenvalue weighted by atomic mass is 35.5. The van der Waals surface area contributed by atoms with Crippen molar-refractivity contribution in [3.05, 3.63) is 102 Å². The van der Waals surface area contributed by atoms with Crippen LogP contribution in [0.1, 0.15) is 33.1 Å². The maximum absolute atomic E-state index is 13.5. The molecule has 49 heavy (non-hydrogen) atoms. The maximum atomic E-state index is 13.5. The van der Waals surface area contributed by atoms with Crippen molar-refractivity contribution in [2.75, 3.05) is 53.6 Å². The Balaban J connectivity index is 0.00000270. The molecule has 4 heterocycles. The van der Waals surface area contributed by atoms with Gasteiger partial charge in [-0.1, -0.05) is 60.7 Å². The van der Waals surface area contributed by atoms with Crippen molar-refractivity contribution >= 4 is 30.7 Å². The fourth-order valence-corrected chi connectivity index (χ4v) is 6.66. The first-order valence-corrected chi connectivity index (χ1v) is 15.5. The SMILES string of the molecule is COc1nc(OC)c(CN2C[C@@H]3CN(C(=O)c4cnccn4)CCN3[C@H](C(c3ccccc3)c3ccccc3)C2)c(OCC(F)F)n1.Cl.Cl. The van der Waals surface area contributed by atoms with Gasteiger partial charge in [0.1, 0.15) is 5.69 Å². The fraction of sp³-hybridized carbons (Fsp3) is 0.382. The number of piperazine rings is 2. The Labute approximate surface area is 296 Å². The van der Waals surface area contributed by atoms with Gasteiger partial charge in [-0.3, -0.25) is 19.6 Å². The number of nitrogens with zero attached hydrogens (tertiary/aromatic N) is 7. The van der Waals surface area contributed by atoms with Crippen molar-refractivity contribution < 1.29 is 27.8 Å². The predicted molar refractivity (Wildman–Crippen MR) is 183 cm³/mol. The van der Waals surface area contributed by atoms with Gasteiger partial charge in [-0.2, -0.15) is 9.97 Å². The highest BCUT2D eigenvalue weighted by Gasteiger charge is 2.43. The van der Waals surface area contributed by atoms with E-state index in [1.165, 1.54) is 37.7 Å². The number of halogens is 4. The average molecular weight is 719 g/mol. The number of benzene rings is 2. The Morgan fingerprint density at radius 1 is 0.878 bits per heavy atom. The fourth-order valence-electron chi connectivity index (χ4n) is 6.66.